The van der Waals surface area contributed by atoms with Crippen LogP contribution in [0.1, 0.15) is 54.2 Å². The van der Waals surface area contributed by atoms with Gasteiger partial charge >= 0.3 is 5.97 Å². The molecule has 4 rings (SSSR count). The Kier molecular flexibility index (Phi) is 5.93. The third-order valence-corrected chi connectivity index (χ3v) is 5.95. The number of esters is 1. The first kappa shape index (κ1) is 20.9. The number of nitrogens with zero attached hydrogens (tertiary/aromatic N) is 1. The van der Waals surface area contributed by atoms with Crippen molar-refractivity contribution in [2.45, 2.75) is 45.2 Å². The van der Waals surface area contributed by atoms with Crippen molar-refractivity contribution in [3.05, 3.63) is 59.2 Å². The summed E-state index contributed by atoms with van der Waals surface area (Å²) in [6.07, 6.45) is 2.77. The zero-order valence-electron chi connectivity index (χ0n) is 17.8. The van der Waals surface area contributed by atoms with Crippen molar-refractivity contribution in [2.75, 3.05) is 23.4 Å². The maximum absolute atomic E-state index is 12.4. The molecule has 2 aliphatic heterocycles. The summed E-state index contributed by atoms with van der Waals surface area (Å²) < 4.78 is 5.19. The van der Waals surface area contributed by atoms with E-state index in [9.17, 15) is 14.4 Å². The van der Waals surface area contributed by atoms with Gasteiger partial charge < -0.3 is 20.3 Å². The lowest BCUT2D eigenvalue weighted by molar-refractivity contribution is -0.124. The van der Waals surface area contributed by atoms with Gasteiger partial charge in [0.15, 0.2) is 6.61 Å². The molecule has 0 aromatic heterocycles. The number of aryl methyl sites for hydroxylation is 1. The van der Waals surface area contributed by atoms with Crippen LogP contribution in [0.4, 0.5) is 11.4 Å². The molecule has 7 nitrogen and oxygen atoms in total. The fraction of sp³-hybridized carbons (Fsp3) is 0.375. The minimum absolute atomic E-state index is 0.0455. The Morgan fingerprint density at radius 2 is 2.00 bits per heavy atom. The smallest absolute Gasteiger partial charge is 0.338 e. The van der Waals surface area contributed by atoms with Crippen molar-refractivity contribution < 1.29 is 19.1 Å². The Morgan fingerprint density at radius 3 is 2.74 bits per heavy atom. The number of carbonyl (C=O) groups is 3. The molecule has 0 aliphatic carbocycles. The van der Waals surface area contributed by atoms with E-state index < -0.39 is 5.97 Å². The molecular formula is C24H27N3O4. The van der Waals surface area contributed by atoms with E-state index in [-0.39, 0.29) is 30.5 Å². The van der Waals surface area contributed by atoms with Crippen molar-refractivity contribution in [3.8, 4) is 0 Å². The number of benzene rings is 2. The molecule has 2 atom stereocenters. The summed E-state index contributed by atoms with van der Waals surface area (Å²) in [4.78, 5) is 39.0. The number of hydrogen-bond acceptors (Lipinski definition) is 5. The quantitative estimate of drug-likeness (QED) is 0.700. The summed E-state index contributed by atoms with van der Waals surface area (Å²) in [5.74, 6) is -1.02. The molecule has 2 aromatic carbocycles. The first-order chi connectivity index (χ1) is 15.0. The summed E-state index contributed by atoms with van der Waals surface area (Å²) in [5.41, 5.74) is 4.04. The maximum Gasteiger partial charge on any atom is 0.338 e. The van der Waals surface area contributed by atoms with E-state index in [1.54, 1.807) is 12.1 Å². The molecule has 2 amide bonds. The second kappa shape index (κ2) is 8.79. The highest BCUT2D eigenvalue weighted by Gasteiger charge is 2.36. The SMILES string of the molecule is CCc1ccc([C@@H](C)NC(=O)COC(=O)c2ccc3c(c2)NC(=O)[C@@H]2CCCN32)cc1. The van der Waals surface area contributed by atoms with Gasteiger partial charge in [0.25, 0.3) is 5.91 Å². The zero-order valence-corrected chi connectivity index (χ0v) is 17.8. The predicted octanol–water partition coefficient (Wildman–Crippen LogP) is 3.20. The van der Waals surface area contributed by atoms with Gasteiger partial charge in [-0.1, -0.05) is 31.2 Å². The standard InChI is InChI=1S/C24H27N3O4/c1-3-16-6-8-17(9-7-16)15(2)25-22(28)14-31-24(30)18-10-11-20-19(13-18)26-23(29)21-5-4-12-27(20)21/h6-11,13,15,21H,3-5,12,14H2,1-2H3,(H,25,28)(H,26,29)/t15-,21+/m1/s1. The van der Waals surface area contributed by atoms with E-state index in [1.165, 1.54) is 5.56 Å². The molecule has 2 aliphatic rings. The van der Waals surface area contributed by atoms with E-state index >= 15 is 0 Å². The maximum atomic E-state index is 12.4. The fourth-order valence-corrected chi connectivity index (χ4v) is 4.18. The fourth-order valence-electron chi connectivity index (χ4n) is 4.18. The molecular weight excluding hydrogens is 394 g/mol. The van der Waals surface area contributed by atoms with Crippen LogP contribution in [0, 0.1) is 0 Å². The van der Waals surface area contributed by atoms with Gasteiger partial charge in [-0.2, -0.15) is 0 Å². The molecule has 0 unspecified atom stereocenters. The van der Waals surface area contributed by atoms with Gasteiger partial charge in [0, 0.05) is 6.54 Å². The summed E-state index contributed by atoms with van der Waals surface area (Å²) in [5, 5.41) is 5.72. The first-order valence-corrected chi connectivity index (χ1v) is 10.7. The van der Waals surface area contributed by atoms with Crippen LogP contribution in [0.25, 0.3) is 0 Å². The predicted molar refractivity (Wildman–Crippen MR) is 118 cm³/mol. The molecule has 2 aromatic rings. The molecule has 0 saturated carbocycles. The third-order valence-electron chi connectivity index (χ3n) is 5.95. The number of carbonyl (C=O) groups excluding carboxylic acids is 3. The Balaban J connectivity index is 1.34. The van der Waals surface area contributed by atoms with Gasteiger partial charge in [-0.3, -0.25) is 9.59 Å². The van der Waals surface area contributed by atoms with Crippen molar-refractivity contribution in [1.29, 1.82) is 0 Å². The normalized spacial score (nSPS) is 17.9. The van der Waals surface area contributed by atoms with Gasteiger partial charge in [0.05, 0.1) is 23.0 Å². The van der Waals surface area contributed by atoms with Crippen LogP contribution in [0.5, 0.6) is 0 Å². The highest BCUT2D eigenvalue weighted by atomic mass is 16.5. The summed E-state index contributed by atoms with van der Waals surface area (Å²) >= 11 is 0. The summed E-state index contributed by atoms with van der Waals surface area (Å²) in [7, 11) is 0. The lowest BCUT2D eigenvalue weighted by Gasteiger charge is -2.33. The Bertz CT molecular complexity index is 1000. The zero-order chi connectivity index (χ0) is 22.0. The van der Waals surface area contributed by atoms with Crippen molar-refractivity contribution in [1.82, 2.24) is 5.32 Å². The Morgan fingerprint density at radius 1 is 1.23 bits per heavy atom. The second-order valence-corrected chi connectivity index (χ2v) is 8.03. The monoisotopic (exact) mass is 421 g/mol. The highest BCUT2D eigenvalue weighted by molar-refractivity contribution is 6.05. The highest BCUT2D eigenvalue weighted by Crippen LogP contribution is 2.37. The Hall–Kier alpha value is -3.35. The van der Waals surface area contributed by atoms with Crippen molar-refractivity contribution in [3.63, 3.8) is 0 Å². The summed E-state index contributed by atoms with van der Waals surface area (Å²) in [6, 6.07) is 12.8. The number of nitrogens with one attached hydrogen (secondary N) is 2. The molecule has 1 fully saturated rings. The summed E-state index contributed by atoms with van der Waals surface area (Å²) in [6.45, 7) is 4.44. The van der Waals surface area contributed by atoms with Crippen LogP contribution in [-0.2, 0) is 20.7 Å². The van der Waals surface area contributed by atoms with Gasteiger partial charge in [0.2, 0.25) is 5.91 Å². The van der Waals surface area contributed by atoms with Crippen LogP contribution in [0.3, 0.4) is 0 Å². The number of ether oxygens (including phenoxy) is 1. The van der Waals surface area contributed by atoms with E-state index in [4.69, 9.17) is 4.74 Å². The minimum Gasteiger partial charge on any atom is -0.452 e. The number of rotatable bonds is 6. The second-order valence-electron chi connectivity index (χ2n) is 8.03. The average molecular weight is 421 g/mol. The molecule has 162 valence electrons. The van der Waals surface area contributed by atoms with Gasteiger partial charge in [-0.25, -0.2) is 4.79 Å². The van der Waals surface area contributed by atoms with Crippen LogP contribution in [0.15, 0.2) is 42.5 Å². The molecule has 1 saturated heterocycles. The van der Waals surface area contributed by atoms with Gasteiger partial charge in [-0.05, 0) is 55.5 Å². The van der Waals surface area contributed by atoms with Crippen LogP contribution < -0.4 is 15.5 Å². The molecule has 2 N–H and O–H groups in total. The third kappa shape index (κ3) is 4.40. The number of anilines is 2. The van der Waals surface area contributed by atoms with Crippen molar-refractivity contribution >= 4 is 29.2 Å². The average Bonchev–Trinajstić information content (AvgIpc) is 3.28. The Labute approximate surface area is 181 Å². The largest absolute Gasteiger partial charge is 0.452 e. The molecule has 0 bridgehead atoms. The van der Waals surface area contributed by atoms with Crippen LogP contribution in [-0.4, -0.2) is 37.0 Å². The van der Waals surface area contributed by atoms with E-state index in [0.717, 1.165) is 37.1 Å². The lowest BCUT2D eigenvalue weighted by atomic mass is 10.1. The van der Waals surface area contributed by atoms with E-state index in [0.29, 0.717) is 11.3 Å². The van der Waals surface area contributed by atoms with Crippen LogP contribution >= 0.6 is 0 Å². The minimum atomic E-state index is -0.601. The molecule has 2 heterocycles. The van der Waals surface area contributed by atoms with E-state index in [1.807, 2.05) is 37.3 Å². The molecule has 0 radical (unpaired) electrons. The first-order valence-electron chi connectivity index (χ1n) is 10.7. The van der Waals surface area contributed by atoms with Crippen LogP contribution in [0.2, 0.25) is 0 Å². The number of amides is 2. The molecule has 31 heavy (non-hydrogen) atoms. The number of hydrogen-bond donors (Lipinski definition) is 2. The molecule has 0 spiro atoms. The van der Waals surface area contributed by atoms with E-state index in [2.05, 4.69) is 22.5 Å². The number of fused-ring (bicyclic) bond motifs is 3. The van der Waals surface area contributed by atoms with Crippen molar-refractivity contribution in [2.24, 2.45) is 0 Å². The topological polar surface area (TPSA) is 87.7 Å². The molecule has 7 heteroatoms. The lowest BCUT2D eigenvalue weighted by Crippen LogP contribution is -2.43. The van der Waals surface area contributed by atoms with Gasteiger partial charge in [0.1, 0.15) is 6.04 Å². The van der Waals surface area contributed by atoms with Gasteiger partial charge in [-0.15, -0.1) is 0 Å².